The van der Waals surface area contributed by atoms with E-state index >= 15 is 0 Å². The Balaban J connectivity index is 1.74. The summed E-state index contributed by atoms with van der Waals surface area (Å²) in [6, 6.07) is 11.3. The minimum atomic E-state index is -0.820. The van der Waals surface area contributed by atoms with Gasteiger partial charge in [0.25, 0.3) is 0 Å². The van der Waals surface area contributed by atoms with Crippen LogP contribution in [0.4, 0.5) is 10.5 Å². The second-order valence-corrected chi connectivity index (χ2v) is 7.09. The van der Waals surface area contributed by atoms with Gasteiger partial charge < -0.3 is 28.8 Å². The summed E-state index contributed by atoms with van der Waals surface area (Å²) < 4.78 is 27.2. The van der Waals surface area contributed by atoms with Crippen molar-refractivity contribution in [1.29, 1.82) is 0 Å². The fourth-order valence-electron chi connectivity index (χ4n) is 3.13. The van der Waals surface area contributed by atoms with Crippen LogP contribution in [-0.2, 0) is 19.0 Å². The van der Waals surface area contributed by atoms with Gasteiger partial charge in [-0.05, 0) is 36.8 Å². The molecule has 2 N–H and O–H groups in total. The average molecular weight is 464 g/mol. The first-order valence-corrected chi connectivity index (χ1v) is 10.7. The summed E-state index contributed by atoms with van der Waals surface area (Å²) >= 11 is 3.88. The normalized spacial score (nSPS) is 13.8. The molecule has 32 heavy (non-hydrogen) atoms. The highest BCUT2D eigenvalue weighted by Gasteiger charge is 2.28. The fraction of sp³-hybridized carbons (Fsp3) is 0.364. The average Bonchev–Trinajstić information content (AvgIpc) is 3.25. The maximum absolute atomic E-state index is 12.7. The van der Waals surface area contributed by atoms with Crippen LogP contribution < -0.4 is 14.8 Å². The van der Waals surface area contributed by atoms with Crippen LogP contribution in [0.2, 0.25) is 0 Å². The first-order chi connectivity index (χ1) is 15.5. The van der Waals surface area contributed by atoms with Gasteiger partial charge in [0.15, 0.2) is 17.6 Å². The molecule has 0 saturated carbocycles. The quantitative estimate of drug-likeness (QED) is 0.361. The molecule has 1 aliphatic heterocycles. The molecule has 0 bridgehead atoms. The number of phenolic OH excluding ortho intramolecular Hbond substituents is 1. The van der Waals surface area contributed by atoms with Crippen molar-refractivity contribution < 1.29 is 38.4 Å². The molecular formula is C22H25NO8S. The Kier molecular flexibility index (Phi) is 8.46. The number of rotatable bonds is 10. The van der Waals surface area contributed by atoms with Crippen molar-refractivity contribution in [3.05, 3.63) is 48.0 Å². The number of hydrogen-bond donors (Lipinski definition) is 3. The molecule has 0 saturated heterocycles. The number of fused-ring (bicyclic) bond motifs is 1. The van der Waals surface area contributed by atoms with E-state index in [0.717, 1.165) is 0 Å². The van der Waals surface area contributed by atoms with Crippen molar-refractivity contribution in [3.8, 4) is 17.2 Å². The molecule has 0 radical (unpaired) electrons. The van der Waals surface area contributed by atoms with Gasteiger partial charge in [-0.3, -0.25) is 10.1 Å². The summed E-state index contributed by atoms with van der Waals surface area (Å²) in [5.74, 6) is 0.711. The number of hydrogen-bond acceptors (Lipinski definition) is 9. The first kappa shape index (κ1) is 23.6. The minimum Gasteiger partial charge on any atom is -0.508 e. The SMILES string of the molecule is CCO[C@H](CCOC(=O)CS)[C@H](OC(=O)Nc1ccc2c(c1)OCO2)c1ccc(O)cc1. The number of aromatic hydroxyl groups is 1. The van der Waals surface area contributed by atoms with Crippen LogP contribution in [0, 0.1) is 0 Å². The number of thiol groups is 1. The van der Waals surface area contributed by atoms with Gasteiger partial charge >= 0.3 is 12.1 Å². The van der Waals surface area contributed by atoms with Gasteiger partial charge in [-0.15, -0.1) is 0 Å². The van der Waals surface area contributed by atoms with Crippen LogP contribution in [0.1, 0.15) is 25.0 Å². The lowest BCUT2D eigenvalue weighted by Gasteiger charge is -2.27. The number of carbonyl (C=O) groups excluding carboxylic acids is 2. The molecule has 0 fully saturated rings. The Hall–Kier alpha value is -3.11. The molecule has 2 aromatic rings. The number of amides is 1. The first-order valence-electron chi connectivity index (χ1n) is 10.0. The largest absolute Gasteiger partial charge is 0.508 e. The molecule has 1 aliphatic rings. The Morgan fingerprint density at radius 2 is 1.91 bits per heavy atom. The number of benzene rings is 2. The molecule has 0 aliphatic carbocycles. The zero-order chi connectivity index (χ0) is 22.9. The van der Waals surface area contributed by atoms with Gasteiger partial charge in [0.2, 0.25) is 6.79 Å². The van der Waals surface area contributed by atoms with Crippen molar-refractivity contribution in [2.45, 2.75) is 25.6 Å². The number of ether oxygens (including phenoxy) is 5. The second kappa shape index (κ2) is 11.5. The van der Waals surface area contributed by atoms with Gasteiger partial charge in [0, 0.05) is 24.8 Å². The summed E-state index contributed by atoms with van der Waals surface area (Å²) in [5, 5.41) is 12.3. The topological polar surface area (TPSA) is 113 Å². The molecule has 1 heterocycles. The molecule has 9 nitrogen and oxygen atoms in total. The molecular weight excluding hydrogens is 438 g/mol. The Morgan fingerprint density at radius 1 is 1.16 bits per heavy atom. The predicted octanol–water partition coefficient (Wildman–Crippen LogP) is 3.68. The van der Waals surface area contributed by atoms with E-state index in [1.54, 1.807) is 30.3 Å². The molecule has 0 unspecified atom stereocenters. The van der Waals surface area contributed by atoms with E-state index in [-0.39, 0.29) is 31.3 Å². The van der Waals surface area contributed by atoms with Crippen LogP contribution in [0.3, 0.4) is 0 Å². The number of nitrogens with one attached hydrogen (secondary N) is 1. The summed E-state index contributed by atoms with van der Waals surface area (Å²) in [6.45, 7) is 2.37. The molecule has 0 spiro atoms. The molecule has 3 rings (SSSR count). The van der Waals surface area contributed by atoms with Crippen molar-refractivity contribution in [1.82, 2.24) is 0 Å². The van der Waals surface area contributed by atoms with Gasteiger partial charge in [0.05, 0.1) is 12.4 Å². The van der Waals surface area contributed by atoms with Crippen LogP contribution in [0.25, 0.3) is 0 Å². The highest BCUT2D eigenvalue weighted by atomic mass is 32.1. The highest BCUT2D eigenvalue weighted by molar-refractivity contribution is 7.81. The van der Waals surface area contributed by atoms with Gasteiger partial charge in [0.1, 0.15) is 11.9 Å². The molecule has 172 valence electrons. The third-order valence-corrected chi connectivity index (χ3v) is 4.85. The molecule has 2 aromatic carbocycles. The van der Waals surface area contributed by atoms with Crippen molar-refractivity contribution in [2.24, 2.45) is 0 Å². The molecule has 10 heteroatoms. The van der Waals surface area contributed by atoms with E-state index in [1.165, 1.54) is 12.1 Å². The number of carbonyl (C=O) groups is 2. The number of phenols is 1. The van der Waals surface area contributed by atoms with E-state index in [4.69, 9.17) is 23.7 Å². The maximum Gasteiger partial charge on any atom is 0.412 e. The van der Waals surface area contributed by atoms with E-state index < -0.39 is 24.3 Å². The van der Waals surface area contributed by atoms with Gasteiger partial charge in [-0.1, -0.05) is 12.1 Å². The van der Waals surface area contributed by atoms with Gasteiger partial charge in [-0.25, -0.2) is 4.79 Å². The second-order valence-electron chi connectivity index (χ2n) is 6.77. The van der Waals surface area contributed by atoms with Crippen molar-refractivity contribution in [2.75, 3.05) is 31.1 Å². The Bertz CT molecular complexity index is 921. The highest BCUT2D eigenvalue weighted by Crippen LogP contribution is 2.34. The van der Waals surface area contributed by atoms with Crippen molar-refractivity contribution >= 4 is 30.4 Å². The third kappa shape index (κ3) is 6.44. The third-order valence-electron chi connectivity index (χ3n) is 4.59. The maximum atomic E-state index is 12.7. The summed E-state index contributed by atoms with van der Waals surface area (Å²) in [6.07, 6.45) is -1.84. The van der Waals surface area contributed by atoms with Crippen LogP contribution in [0.5, 0.6) is 17.2 Å². The van der Waals surface area contributed by atoms with Crippen LogP contribution in [0.15, 0.2) is 42.5 Å². The summed E-state index contributed by atoms with van der Waals surface area (Å²) in [4.78, 5) is 24.1. The molecule has 2 atom stereocenters. The molecule has 0 aromatic heterocycles. The smallest absolute Gasteiger partial charge is 0.412 e. The monoisotopic (exact) mass is 463 g/mol. The van der Waals surface area contributed by atoms with E-state index in [0.29, 0.717) is 29.4 Å². The zero-order valence-corrected chi connectivity index (χ0v) is 18.4. The van der Waals surface area contributed by atoms with Gasteiger partial charge in [-0.2, -0.15) is 12.6 Å². The standard InChI is InChI=1S/C22H25NO8S/c1-2-27-18(9-10-28-20(25)12-32)21(14-3-6-16(24)7-4-14)31-22(26)23-15-5-8-17-19(11-15)30-13-29-17/h3-8,11,18,21,24,32H,2,9-10,12-13H2,1H3,(H,23,26)/t18-,21-/m1/s1. The van der Waals surface area contributed by atoms with Crippen LogP contribution >= 0.6 is 12.6 Å². The molecule has 1 amide bonds. The fourth-order valence-corrected chi connectivity index (χ4v) is 3.22. The van der Waals surface area contributed by atoms with E-state index in [9.17, 15) is 14.7 Å². The summed E-state index contributed by atoms with van der Waals surface area (Å²) in [7, 11) is 0. The van der Waals surface area contributed by atoms with Crippen molar-refractivity contribution in [3.63, 3.8) is 0 Å². The van der Waals surface area contributed by atoms with Crippen LogP contribution in [-0.4, -0.2) is 49.0 Å². The number of esters is 1. The Morgan fingerprint density at radius 3 is 2.62 bits per heavy atom. The van der Waals surface area contributed by atoms with E-state index in [1.807, 2.05) is 6.92 Å². The predicted molar refractivity (Wildman–Crippen MR) is 118 cm³/mol. The Labute approximate surface area is 191 Å². The van der Waals surface area contributed by atoms with E-state index in [2.05, 4.69) is 17.9 Å². The summed E-state index contributed by atoms with van der Waals surface area (Å²) in [5.41, 5.74) is 1.09. The minimum absolute atomic E-state index is 0.0326. The lowest BCUT2D eigenvalue weighted by Crippen LogP contribution is -2.30. The lowest BCUT2D eigenvalue weighted by atomic mass is 10.0. The number of anilines is 1. The lowest BCUT2D eigenvalue weighted by molar-refractivity contribution is -0.142. The zero-order valence-electron chi connectivity index (χ0n) is 17.5.